The van der Waals surface area contributed by atoms with Gasteiger partial charge in [-0.25, -0.2) is 9.98 Å². The number of amidine groups is 1. The average Bonchev–Trinajstić information content (AvgIpc) is 3.64. The van der Waals surface area contributed by atoms with Crippen molar-refractivity contribution in [2.45, 2.75) is 0 Å². The van der Waals surface area contributed by atoms with Crippen LogP contribution in [0.4, 0.5) is 25.8 Å². The molecule has 0 saturated heterocycles. The van der Waals surface area contributed by atoms with E-state index in [1.807, 2.05) is 153 Å². The number of hydrogen-bond donors (Lipinski definition) is 0. The maximum absolute atomic E-state index is 15.1. The van der Waals surface area contributed by atoms with E-state index in [-0.39, 0.29) is 5.82 Å². The van der Waals surface area contributed by atoms with E-state index in [0.29, 0.717) is 22.7 Å². The summed E-state index contributed by atoms with van der Waals surface area (Å²) in [5.74, 6) is 0.539. The van der Waals surface area contributed by atoms with E-state index in [4.69, 9.17) is 9.98 Å². The molecule has 0 bridgehead atoms. The van der Waals surface area contributed by atoms with Gasteiger partial charge in [-0.1, -0.05) is 84.9 Å². The second kappa shape index (κ2) is 12.2. The largest absolute Gasteiger partial charge is 0.679 e. The van der Waals surface area contributed by atoms with Crippen molar-refractivity contribution in [3.63, 3.8) is 0 Å². The molecule has 8 heteroatoms. The number of benzene rings is 4. The molecule has 2 heterocycles. The van der Waals surface area contributed by atoms with E-state index in [1.165, 1.54) is 0 Å². The van der Waals surface area contributed by atoms with E-state index in [2.05, 4.69) is 0 Å². The third-order valence-corrected chi connectivity index (χ3v) is 7.69. The van der Waals surface area contributed by atoms with Crippen LogP contribution >= 0.6 is 0 Å². The lowest BCUT2D eigenvalue weighted by atomic mass is 10.0. The Morgan fingerprint density at radius 3 is 1.68 bits per heavy atom. The van der Waals surface area contributed by atoms with Crippen LogP contribution in [0.3, 0.4) is 0 Å². The Labute approximate surface area is 257 Å². The molecule has 0 fully saturated rings. The Bertz CT molecular complexity index is 1860. The van der Waals surface area contributed by atoms with Gasteiger partial charge in [0.05, 0.1) is 5.71 Å². The standard InChI is InChI=1S/C36H32BF2N5/c1-42(2)29-19-15-27(16-20-29)33-23-31(25-11-7-5-8-12-25)35(40-33)41-36-32(26-13-9-6-10-14-26)24-34(44(36)37(38)39)28-17-21-30(22-18-28)43(3)4/h5-24H,1-4H3. The van der Waals surface area contributed by atoms with Crippen LogP contribution < -0.4 is 9.80 Å². The molecule has 5 nitrogen and oxygen atoms in total. The molecule has 1 aromatic heterocycles. The molecule has 44 heavy (non-hydrogen) atoms. The van der Waals surface area contributed by atoms with E-state index in [1.54, 1.807) is 6.07 Å². The molecule has 0 saturated carbocycles. The zero-order valence-electron chi connectivity index (χ0n) is 25.1. The third-order valence-electron chi connectivity index (χ3n) is 7.69. The predicted molar refractivity (Wildman–Crippen MR) is 182 cm³/mol. The van der Waals surface area contributed by atoms with Gasteiger partial charge < -0.3 is 14.3 Å². The van der Waals surface area contributed by atoms with Gasteiger partial charge >= 0.3 is 7.40 Å². The third kappa shape index (κ3) is 5.71. The van der Waals surface area contributed by atoms with Gasteiger partial charge in [0, 0.05) is 62.0 Å². The first-order valence-electron chi connectivity index (χ1n) is 14.4. The Morgan fingerprint density at radius 2 is 1.16 bits per heavy atom. The number of rotatable bonds is 8. The van der Waals surface area contributed by atoms with Crippen LogP contribution in [0, 0.1) is 0 Å². The van der Waals surface area contributed by atoms with E-state index in [0.717, 1.165) is 43.8 Å². The first-order chi connectivity index (χ1) is 21.3. The maximum Gasteiger partial charge on any atom is 0.679 e. The molecule has 218 valence electrons. The molecular weight excluding hydrogens is 551 g/mol. The topological polar surface area (TPSA) is 36.1 Å². The molecule has 4 aromatic carbocycles. The minimum atomic E-state index is -2.83. The second-order valence-electron chi connectivity index (χ2n) is 11.0. The van der Waals surface area contributed by atoms with Gasteiger partial charge in [0.25, 0.3) is 0 Å². The molecule has 1 aliphatic rings. The monoisotopic (exact) mass is 583 g/mol. The van der Waals surface area contributed by atoms with Gasteiger partial charge in [-0.15, -0.1) is 0 Å². The lowest BCUT2D eigenvalue weighted by Gasteiger charge is -2.14. The summed E-state index contributed by atoms with van der Waals surface area (Å²) in [6.07, 6.45) is 1.98. The molecule has 0 radical (unpaired) electrons. The quantitative estimate of drug-likeness (QED) is 0.172. The first-order valence-corrected chi connectivity index (χ1v) is 14.4. The van der Waals surface area contributed by atoms with Gasteiger partial charge in [0.15, 0.2) is 5.84 Å². The van der Waals surface area contributed by atoms with Gasteiger partial charge in [0.1, 0.15) is 5.82 Å². The number of halogens is 2. The van der Waals surface area contributed by atoms with Crippen LogP contribution in [0.5, 0.6) is 0 Å². The Kier molecular flexibility index (Phi) is 7.98. The summed E-state index contributed by atoms with van der Waals surface area (Å²) < 4.78 is 31.2. The Hall–Kier alpha value is -5.24. The average molecular weight is 583 g/mol. The van der Waals surface area contributed by atoms with Gasteiger partial charge in [-0.2, -0.15) is 0 Å². The fourth-order valence-electron chi connectivity index (χ4n) is 5.31. The van der Waals surface area contributed by atoms with Gasteiger partial charge in [0.2, 0.25) is 0 Å². The Morgan fingerprint density at radius 1 is 0.636 bits per heavy atom. The zero-order chi connectivity index (χ0) is 30.8. The van der Waals surface area contributed by atoms with Crippen LogP contribution in [0.1, 0.15) is 11.1 Å². The highest BCUT2D eigenvalue weighted by Crippen LogP contribution is 2.40. The van der Waals surface area contributed by atoms with E-state index < -0.39 is 7.40 Å². The summed E-state index contributed by atoms with van der Waals surface area (Å²) in [5.41, 5.74) is 7.85. The van der Waals surface area contributed by atoms with Crippen LogP contribution in [-0.4, -0.2) is 51.6 Å². The van der Waals surface area contributed by atoms with E-state index in [9.17, 15) is 0 Å². The lowest BCUT2D eigenvalue weighted by Crippen LogP contribution is -2.14. The van der Waals surface area contributed by atoms with Crippen molar-refractivity contribution in [1.29, 1.82) is 0 Å². The number of hydrogen-bond acceptors (Lipinski definition) is 3. The van der Waals surface area contributed by atoms with Crippen molar-refractivity contribution in [1.82, 2.24) is 4.48 Å². The molecule has 1 aliphatic heterocycles. The van der Waals surface area contributed by atoms with Crippen LogP contribution in [0.25, 0.3) is 28.0 Å². The second-order valence-corrected chi connectivity index (χ2v) is 11.0. The van der Waals surface area contributed by atoms with Gasteiger partial charge in [-0.05, 0) is 53.1 Å². The molecular formula is C36H32BF2N5. The molecule has 6 rings (SSSR count). The normalized spacial score (nSPS) is 13.5. The summed E-state index contributed by atoms with van der Waals surface area (Å²) in [5, 5.41) is 0. The minimum absolute atomic E-state index is 0.155. The number of anilines is 2. The molecule has 0 unspecified atom stereocenters. The van der Waals surface area contributed by atoms with Gasteiger partial charge in [-0.3, -0.25) is 8.63 Å². The van der Waals surface area contributed by atoms with Crippen LogP contribution in [0.15, 0.2) is 131 Å². The molecule has 0 amide bonds. The summed E-state index contributed by atoms with van der Waals surface area (Å²) in [7, 11) is 5.05. The summed E-state index contributed by atoms with van der Waals surface area (Å²) in [4.78, 5) is 13.9. The van der Waals surface area contributed by atoms with Crippen molar-refractivity contribution < 1.29 is 8.63 Å². The number of aromatic nitrogens is 1. The van der Waals surface area contributed by atoms with Crippen LogP contribution in [0.2, 0.25) is 0 Å². The van der Waals surface area contributed by atoms with Crippen molar-refractivity contribution in [3.8, 4) is 22.4 Å². The van der Waals surface area contributed by atoms with E-state index >= 15 is 8.63 Å². The van der Waals surface area contributed by atoms with Crippen molar-refractivity contribution in [2.75, 3.05) is 38.0 Å². The van der Waals surface area contributed by atoms with Crippen molar-refractivity contribution in [2.24, 2.45) is 9.98 Å². The fourth-order valence-corrected chi connectivity index (χ4v) is 5.31. The highest BCUT2D eigenvalue weighted by Gasteiger charge is 2.30. The zero-order valence-corrected chi connectivity index (χ0v) is 25.1. The van der Waals surface area contributed by atoms with Crippen molar-refractivity contribution in [3.05, 3.63) is 132 Å². The number of nitrogens with zero attached hydrogens (tertiary/aromatic N) is 5. The smallest absolute Gasteiger partial charge is 0.378 e. The summed E-state index contributed by atoms with van der Waals surface area (Å²) in [6.45, 7) is 0. The summed E-state index contributed by atoms with van der Waals surface area (Å²) >= 11 is 0. The molecule has 0 atom stereocenters. The molecule has 0 aliphatic carbocycles. The first kappa shape index (κ1) is 28.9. The number of allylic oxidation sites excluding steroid dienone is 1. The Balaban J connectivity index is 1.56. The predicted octanol–water partition coefficient (Wildman–Crippen LogP) is 8.34. The molecule has 0 N–H and O–H groups in total. The lowest BCUT2D eigenvalue weighted by molar-refractivity contribution is 0.632. The highest BCUT2D eigenvalue weighted by atomic mass is 19.2. The molecule has 5 aromatic rings. The minimum Gasteiger partial charge on any atom is -0.378 e. The fraction of sp³-hybridized carbons (Fsp3) is 0.111. The number of aliphatic imine (C=N–C) groups is 2. The maximum atomic E-state index is 15.1. The van der Waals surface area contributed by atoms with Crippen molar-refractivity contribution >= 4 is 41.7 Å². The SMILES string of the molecule is CN(C)c1ccc(C2=NC(=Nc3c(-c4ccccc4)cc(-c4ccc(N(C)C)cc4)n3B(F)F)C(c3ccccc3)=C2)cc1. The van der Waals surface area contributed by atoms with Crippen LogP contribution in [-0.2, 0) is 0 Å². The summed E-state index contributed by atoms with van der Waals surface area (Å²) in [6, 6.07) is 36.8. The molecule has 0 spiro atoms. The highest BCUT2D eigenvalue weighted by molar-refractivity contribution is 6.43.